The average molecular weight is 580 g/mol. The smallest absolute Gasteiger partial charge is 0.254 e. The molecular formula is C32H38BN7O3. The molecule has 1 aromatic carbocycles. The summed E-state index contributed by atoms with van der Waals surface area (Å²) >= 11 is 0. The van der Waals surface area contributed by atoms with Gasteiger partial charge in [-0.15, -0.1) is 0 Å². The Labute approximate surface area is 251 Å². The Balaban J connectivity index is 1.26. The van der Waals surface area contributed by atoms with Crippen LogP contribution in [0.3, 0.4) is 0 Å². The van der Waals surface area contributed by atoms with Crippen LogP contribution < -0.4 is 10.5 Å². The third kappa shape index (κ3) is 4.18. The molecule has 4 aliphatic rings. The minimum Gasteiger partial charge on any atom is -0.494 e. The predicted molar refractivity (Wildman–Crippen MR) is 166 cm³/mol. The molecule has 2 unspecified atom stereocenters. The van der Waals surface area contributed by atoms with Crippen LogP contribution in [0.2, 0.25) is 0 Å². The normalized spacial score (nSPS) is 25.2. The molecule has 0 spiro atoms. The lowest BCUT2D eigenvalue weighted by atomic mass is 9.71. The van der Waals surface area contributed by atoms with Gasteiger partial charge in [0.15, 0.2) is 5.82 Å². The zero-order chi connectivity index (χ0) is 29.6. The predicted octanol–water partition coefficient (Wildman–Crippen LogP) is 2.47. The molecular weight excluding hydrogens is 541 g/mol. The number of imidazole rings is 1. The number of ether oxygens (including phenoxy) is 1. The van der Waals surface area contributed by atoms with Gasteiger partial charge >= 0.3 is 0 Å². The van der Waals surface area contributed by atoms with Crippen LogP contribution in [0.15, 0.2) is 36.5 Å². The fourth-order valence-electron chi connectivity index (χ4n) is 7.89. The number of nitrogens with zero attached hydrogens (tertiary/aromatic N) is 6. The van der Waals surface area contributed by atoms with Crippen molar-refractivity contribution in [2.75, 3.05) is 26.7 Å². The van der Waals surface area contributed by atoms with E-state index >= 15 is 0 Å². The van der Waals surface area contributed by atoms with E-state index in [1.54, 1.807) is 14.0 Å². The number of carbonyl (C=O) groups excluding carboxylic acids is 2. The summed E-state index contributed by atoms with van der Waals surface area (Å²) in [6.45, 7) is 5.35. The molecule has 2 aliphatic heterocycles. The molecule has 8 rings (SSSR count). The summed E-state index contributed by atoms with van der Waals surface area (Å²) in [6, 6.07) is 10.1. The highest BCUT2D eigenvalue weighted by molar-refractivity contribution is 6.17. The highest BCUT2D eigenvalue weighted by atomic mass is 16.5. The monoisotopic (exact) mass is 579 g/mol. The van der Waals surface area contributed by atoms with Crippen LogP contribution in [0.1, 0.15) is 43.0 Å². The van der Waals surface area contributed by atoms with Crippen LogP contribution in [0.5, 0.6) is 5.75 Å². The second-order valence-electron chi connectivity index (χ2n) is 13.5. The summed E-state index contributed by atoms with van der Waals surface area (Å²) in [6.07, 6.45) is 6.32. The van der Waals surface area contributed by atoms with E-state index in [2.05, 4.69) is 29.1 Å². The largest absolute Gasteiger partial charge is 0.494 e. The van der Waals surface area contributed by atoms with Gasteiger partial charge in [0, 0.05) is 74.2 Å². The quantitative estimate of drug-likeness (QED) is 0.337. The first-order valence-corrected chi connectivity index (χ1v) is 15.6. The van der Waals surface area contributed by atoms with E-state index in [-0.39, 0.29) is 23.3 Å². The van der Waals surface area contributed by atoms with Gasteiger partial charge in [0.2, 0.25) is 5.91 Å². The number of piperidine rings is 1. The fraction of sp³-hybridized carbons (Fsp3) is 0.500. The summed E-state index contributed by atoms with van der Waals surface area (Å²) in [5.41, 5.74) is 10.5. The molecule has 2 aliphatic carbocycles. The van der Waals surface area contributed by atoms with Crippen LogP contribution in [0.25, 0.3) is 33.6 Å². The van der Waals surface area contributed by atoms with Crippen molar-refractivity contribution in [1.82, 2.24) is 28.9 Å². The maximum Gasteiger partial charge on any atom is 0.254 e. The first-order chi connectivity index (χ1) is 20.7. The minimum absolute atomic E-state index is 0.0108. The molecule has 10 nitrogen and oxygen atoms in total. The molecule has 43 heavy (non-hydrogen) atoms. The number of pyridine rings is 1. The number of methoxy groups -OCH3 is 1. The molecule has 2 saturated heterocycles. The van der Waals surface area contributed by atoms with Crippen molar-refractivity contribution in [3.05, 3.63) is 42.1 Å². The highest BCUT2D eigenvalue weighted by Gasteiger charge is 2.54. The van der Waals surface area contributed by atoms with Crippen molar-refractivity contribution in [3.8, 4) is 17.3 Å². The first-order valence-electron chi connectivity index (χ1n) is 15.6. The summed E-state index contributed by atoms with van der Waals surface area (Å²) in [5, 5.41) is 1.08. The molecule has 2 saturated carbocycles. The van der Waals surface area contributed by atoms with Crippen LogP contribution in [-0.4, -0.2) is 86.8 Å². The molecule has 3 atom stereocenters. The summed E-state index contributed by atoms with van der Waals surface area (Å²) in [5.74, 6) is 2.84. The van der Waals surface area contributed by atoms with E-state index in [1.165, 1.54) is 12.8 Å². The van der Waals surface area contributed by atoms with Gasteiger partial charge in [0.25, 0.3) is 5.91 Å². The number of nitrogens with two attached hydrogens (primary N) is 1. The molecule has 3 aromatic heterocycles. The van der Waals surface area contributed by atoms with Crippen molar-refractivity contribution in [3.63, 3.8) is 0 Å². The topological polar surface area (TPSA) is 112 Å². The number of benzene rings is 1. The molecule has 4 aromatic rings. The molecule has 2 bridgehead atoms. The average Bonchev–Trinajstić information content (AvgIpc) is 3.43. The second-order valence-corrected chi connectivity index (χ2v) is 13.5. The Morgan fingerprint density at radius 1 is 1.07 bits per heavy atom. The van der Waals surface area contributed by atoms with Gasteiger partial charge in [0.1, 0.15) is 24.8 Å². The number of amides is 2. The number of hydrogen-bond acceptors (Lipinski definition) is 6. The van der Waals surface area contributed by atoms with Crippen LogP contribution in [0.4, 0.5) is 0 Å². The molecule has 0 radical (unpaired) electrons. The second kappa shape index (κ2) is 9.57. The van der Waals surface area contributed by atoms with Gasteiger partial charge < -0.3 is 29.4 Å². The summed E-state index contributed by atoms with van der Waals surface area (Å²) in [7, 11) is 3.74. The van der Waals surface area contributed by atoms with Gasteiger partial charge in [-0.05, 0) is 67.9 Å². The van der Waals surface area contributed by atoms with Gasteiger partial charge in [0.05, 0.1) is 18.3 Å². The number of likely N-dealkylation sites (tertiary alicyclic amines) is 2. The summed E-state index contributed by atoms with van der Waals surface area (Å²) < 4.78 is 10.6. The Bertz CT molecular complexity index is 1780. The molecule has 11 heteroatoms. The minimum atomic E-state index is -0.349. The summed E-state index contributed by atoms with van der Waals surface area (Å²) in [4.78, 5) is 39.8. The number of aromatic nitrogens is 4. The molecule has 2 amide bonds. The van der Waals surface area contributed by atoms with Crippen molar-refractivity contribution >= 4 is 41.7 Å². The number of rotatable bonds is 7. The van der Waals surface area contributed by atoms with Gasteiger partial charge in [-0.1, -0.05) is 0 Å². The fourth-order valence-corrected chi connectivity index (χ4v) is 7.89. The van der Waals surface area contributed by atoms with Gasteiger partial charge in [-0.25, -0.2) is 9.97 Å². The van der Waals surface area contributed by atoms with E-state index in [4.69, 9.17) is 20.4 Å². The maximum atomic E-state index is 14.0. The lowest BCUT2D eigenvalue weighted by Gasteiger charge is -2.39. The van der Waals surface area contributed by atoms with E-state index in [0.29, 0.717) is 42.2 Å². The Morgan fingerprint density at radius 2 is 1.86 bits per heavy atom. The number of hydrogen-bond donors (Lipinski definition) is 1. The first kappa shape index (κ1) is 26.7. The van der Waals surface area contributed by atoms with Crippen LogP contribution in [0, 0.1) is 17.8 Å². The molecule has 2 N–H and O–H groups in total. The molecule has 4 fully saturated rings. The highest BCUT2D eigenvalue weighted by Crippen LogP contribution is 2.44. The SMILES string of the molecule is B[C@]1(N)C2CCC1N(C(=O)c1cc(OC)c3c(c1)nc(-c1cc4cccnc4n1CC1CC1)n3CC1CN(C(C)=O)C1)C2. The van der Waals surface area contributed by atoms with Gasteiger partial charge in [-0.3, -0.25) is 9.59 Å². The van der Waals surface area contributed by atoms with Crippen molar-refractivity contribution in [2.45, 2.75) is 57.2 Å². The third-order valence-electron chi connectivity index (χ3n) is 10.6. The molecule has 5 heterocycles. The number of fused-ring (bicyclic) bond motifs is 4. The number of carbonyl (C=O) groups is 2. The Morgan fingerprint density at radius 3 is 2.53 bits per heavy atom. The standard InChI is InChI=1S/C32H38BN7O3/c1-18(41)37-13-20(14-37)16-40-28-24(36-30(40)25-11-21-4-3-9-35-29(21)38(25)15-19-5-6-19)10-22(12-26(28)43-2)31(42)39-17-23-7-8-27(39)32(23,33)34/h3-4,9-12,19-20,23,27H,5-8,13-17,33-34H2,1-2H3/t23?,27?,32-/m0/s1. The van der Waals surface area contributed by atoms with E-state index in [9.17, 15) is 9.59 Å². The van der Waals surface area contributed by atoms with E-state index < -0.39 is 0 Å². The van der Waals surface area contributed by atoms with Crippen molar-refractivity contribution in [1.29, 1.82) is 0 Å². The van der Waals surface area contributed by atoms with E-state index in [0.717, 1.165) is 66.1 Å². The maximum absolute atomic E-state index is 14.0. The van der Waals surface area contributed by atoms with Crippen molar-refractivity contribution in [2.24, 2.45) is 23.5 Å². The Kier molecular flexibility index (Phi) is 5.96. The lowest BCUT2D eigenvalue weighted by Crippen LogP contribution is -2.52. The van der Waals surface area contributed by atoms with E-state index in [1.807, 2.05) is 34.2 Å². The zero-order valence-corrected chi connectivity index (χ0v) is 25.1. The van der Waals surface area contributed by atoms with Crippen LogP contribution >= 0.6 is 0 Å². The molecule has 222 valence electrons. The van der Waals surface area contributed by atoms with Crippen LogP contribution in [-0.2, 0) is 17.9 Å². The third-order valence-corrected chi connectivity index (χ3v) is 10.6. The Hall–Kier alpha value is -3.86. The lowest BCUT2D eigenvalue weighted by molar-refractivity contribution is -0.135. The zero-order valence-electron chi connectivity index (χ0n) is 25.1. The van der Waals surface area contributed by atoms with Crippen molar-refractivity contribution < 1.29 is 14.3 Å². The van der Waals surface area contributed by atoms with Gasteiger partial charge in [-0.2, -0.15) is 0 Å².